The highest BCUT2D eigenvalue weighted by atomic mass is 32.2. The van der Waals surface area contributed by atoms with E-state index in [2.05, 4.69) is 34.1 Å². The van der Waals surface area contributed by atoms with Crippen LogP contribution in [0.4, 0.5) is 0 Å². The quantitative estimate of drug-likeness (QED) is 0.378. The number of rotatable bonds is 6. The number of hydrogen-bond donors (Lipinski definition) is 3. The molecule has 1 aromatic heterocycles. The van der Waals surface area contributed by atoms with Crippen molar-refractivity contribution in [3.05, 3.63) is 112 Å². The number of carbonyl (C=O) groups is 1. The maximum atomic E-state index is 13.0. The van der Waals surface area contributed by atoms with Crippen molar-refractivity contribution in [1.29, 1.82) is 0 Å². The van der Waals surface area contributed by atoms with Crippen LogP contribution in [0.25, 0.3) is 10.9 Å². The third-order valence-electron chi connectivity index (χ3n) is 5.04. The van der Waals surface area contributed by atoms with Crippen LogP contribution >= 0.6 is 0 Å². The third kappa shape index (κ3) is 7.37. The predicted molar refractivity (Wildman–Crippen MR) is 139 cm³/mol. The fourth-order valence-electron chi connectivity index (χ4n) is 3.34. The Bertz CT molecular complexity index is 1430. The first kappa shape index (κ1) is 25.9. The maximum absolute atomic E-state index is 13.0. The molecule has 3 aromatic carbocycles. The molecule has 4 aromatic rings. The molecule has 1 amide bonds. The van der Waals surface area contributed by atoms with E-state index in [4.69, 9.17) is 0 Å². The number of aryl methyl sites for hydroxylation is 1. The summed E-state index contributed by atoms with van der Waals surface area (Å²) in [6, 6.07) is 25.0. The Hall–Kier alpha value is -3.75. The van der Waals surface area contributed by atoms with E-state index >= 15 is 0 Å². The van der Waals surface area contributed by atoms with Crippen molar-refractivity contribution in [2.45, 2.75) is 37.8 Å². The number of pyridine rings is 1. The van der Waals surface area contributed by atoms with Gasteiger partial charge in [0.05, 0.1) is 4.90 Å². The fourth-order valence-corrected chi connectivity index (χ4v) is 4.56. The van der Waals surface area contributed by atoms with Crippen LogP contribution in [0.5, 0.6) is 0 Å². The lowest BCUT2D eigenvalue weighted by Crippen LogP contribution is -2.42. The molecular formula is C27H29N3O4S. The van der Waals surface area contributed by atoms with Gasteiger partial charge in [-0.3, -0.25) is 9.59 Å². The molecule has 0 fully saturated rings. The van der Waals surface area contributed by atoms with Crippen LogP contribution < -0.4 is 15.6 Å². The first-order valence-electron chi connectivity index (χ1n) is 11.2. The van der Waals surface area contributed by atoms with Gasteiger partial charge in [-0.15, -0.1) is 0 Å². The highest BCUT2D eigenvalue weighted by Crippen LogP contribution is 2.20. The molecule has 0 aliphatic rings. The van der Waals surface area contributed by atoms with Crippen LogP contribution in [0.3, 0.4) is 0 Å². The van der Waals surface area contributed by atoms with Crippen molar-refractivity contribution in [3.8, 4) is 0 Å². The summed E-state index contributed by atoms with van der Waals surface area (Å²) in [5.74, 6) is -0.435. The summed E-state index contributed by atoms with van der Waals surface area (Å²) < 4.78 is 28.4. The molecule has 0 aliphatic heterocycles. The SMILES string of the molecule is CC(C)NC(=O)[C@H](NS(=O)(=O)c1ccc2[nH]c(=O)ccc2c1)c1ccccc1.Cc1ccccc1. The van der Waals surface area contributed by atoms with Crippen LogP contribution in [0, 0.1) is 6.92 Å². The molecule has 0 saturated carbocycles. The lowest BCUT2D eigenvalue weighted by Gasteiger charge is -2.20. The van der Waals surface area contributed by atoms with Crippen molar-refractivity contribution >= 4 is 26.8 Å². The minimum Gasteiger partial charge on any atom is -0.352 e. The summed E-state index contributed by atoms with van der Waals surface area (Å²) in [4.78, 5) is 26.7. The standard InChI is InChI=1S/C20H21N3O4S.C7H8/c1-13(2)21-20(25)19(14-6-4-3-5-7-14)23-28(26,27)16-9-10-17-15(12-16)8-11-18(24)22-17;1-7-5-3-2-4-6-7/h3-13,19,23H,1-2H3,(H,21,25)(H,22,24);2-6H,1H3/t19-;/m1./s1. The first-order chi connectivity index (χ1) is 16.7. The molecule has 0 saturated heterocycles. The molecule has 35 heavy (non-hydrogen) atoms. The number of benzene rings is 3. The largest absolute Gasteiger partial charge is 0.352 e. The summed E-state index contributed by atoms with van der Waals surface area (Å²) in [5, 5.41) is 3.32. The van der Waals surface area contributed by atoms with E-state index in [0.29, 0.717) is 16.5 Å². The van der Waals surface area contributed by atoms with Gasteiger partial charge < -0.3 is 10.3 Å². The first-order valence-corrected chi connectivity index (χ1v) is 12.7. The van der Waals surface area contributed by atoms with Gasteiger partial charge in [0.1, 0.15) is 6.04 Å². The number of amides is 1. The van der Waals surface area contributed by atoms with Crippen molar-refractivity contribution < 1.29 is 13.2 Å². The van der Waals surface area contributed by atoms with E-state index in [1.165, 1.54) is 29.8 Å². The minimum atomic E-state index is -3.99. The summed E-state index contributed by atoms with van der Waals surface area (Å²) in [7, 11) is -3.99. The van der Waals surface area contributed by atoms with Crippen molar-refractivity contribution in [2.24, 2.45) is 0 Å². The van der Waals surface area contributed by atoms with E-state index in [9.17, 15) is 18.0 Å². The van der Waals surface area contributed by atoms with Crippen LogP contribution in [0.15, 0.2) is 101 Å². The van der Waals surface area contributed by atoms with Crippen LogP contribution in [0.1, 0.15) is 31.0 Å². The second-order valence-corrected chi connectivity index (χ2v) is 10.1. The van der Waals surface area contributed by atoms with Gasteiger partial charge in [0, 0.05) is 17.6 Å². The van der Waals surface area contributed by atoms with E-state index in [0.717, 1.165) is 0 Å². The average molecular weight is 492 g/mol. The van der Waals surface area contributed by atoms with Crippen LogP contribution in [-0.2, 0) is 14.8 Å². The molecule has 1 atom stereocenters. The number of nitrogens with one attached hydrogen (secondary N) is 3. The molecule has 4 rings (SSSR count). The van der Waals surface area contributed by atoms with E-state index in [1.54, 1.807) is 50.2 Å². The van der Waals surface area contributed by atoms with Gasteiger partial charge in [-0.2, -0.15) is 4.72 Å². The number of aromatic amines is 1. The van der Waals surface area contributed by atoms with Gasteiger partial charge in [-0.05, 0) is 56.0 Å². The Labute approximate surface area is 205 Å². The highest BCUT2D eigenvalue weighted by molar-refractivity contribution is 7.89. The van der Waals surface area contributed by atoms with Crippen molar-refractivity contribution in [1.82, 2.24) is 15.0 Å². The number of sulfonamides is 1. The number of hydrogen-bond acceptors (Lipinski definition) is 4. The summed E-state index contributed by atoms with van der Waals surface area (Å²) in [5.41, 5.74) is 2.12. The maximum Gasteiger partial charge on any atom is 0.248 e. The summed E-state index contributed by atoms with van der Waals surface area (Å²) in [6.45, 7) is 5.69. The van der Waals surface area contributed by atoms with E-state index in [-0.39, 0.29) is 16.5 Å². The van der Waals surface area contributed by atoms with Gasteiger partial charge in [-0.25, -0.2) is 8.42 Å². The molecule has 0 bridgehead atoms. The molecule has 8 heteroatoms. The molecule has 0 spiro atoms. The normalized spacial score (nSPS) is 12.0. The third-order valence-corrected chi connectivity index (χ3v) is 6.47. The molecule has 0 aliphatic carbocycles. The van der Waals surface area contributed by atoms with Crippen LogP contribution in [-0.4, -0.2) is 25.4 Å². The number of fused-ring (bicyclic) bond motifs is 1. The Balaban J connectivity index is 0.000000420. The average Bonchev–Trinajstić information content (AvgIpc) is 2.83. The molecule has 7 nitrogen and oxygen atoms in total. The van der Waals surface area contributed by atoms with Crippen LogP contribution in [0.2, 0.25) is 0 Å². The Morgan fingerprint density at radius 2 is 1.49 bits per heavy atom. The second-order valence-electron chi connectivity index (χ2n) is 8.35. The molecular weight excluding hydrogens is 462 g/mol. The Morgan fingerprint density at radius 3 is 2.06 bits per heavy atom. The molecule has 182 valence electrons. The number of H-pyrrole nitrogens is 1. The van der Waals surface area contributed by atoms with Crippen molar-refractivity contribution in [2.75, 3.05) is 0 Å². The summed E-state index contributed by atoms with van der Waals surface area (Å²) in [6.07, 6.45) is 0. The van der Waals surface area contributed by atoms with Gasteiger partial charge in [-0.1, -0.05) is 66.2 Å². The van der Waals surface area contributed by atoms with E-state index < -0.39 is 22.0 Å². The fraction of sp³-hybridized carbons (Fsp3) is 0.185. The monoisotopic (exact) mass is 491 g/mol. The lowest BCUT2D eigenvalue weighted by atomic mass is 10.1. The molecule has 1 heterocycles. The van der Waals surface area contributed by atoms with Gasteiger partial charge >= 0.3 is 0 Å². The molecule has 3 N–H and O–H groups in total. The Morgan fingerprint density at radius 1 is 0.857 bits per heavy atom. The number of carbonyl (C=O) groups excluding carboxylic acids is 1. The van der Waals surface area contributed by atoms with E-state index in [1.807, 2.05) is 18.2 Å². The van der Waals surface area contributed by atoms with Gasteiger partial charge in [0.25, 0.3) is 0 Å². The molecule has 0 unspecified atom stereocenters. The lowest BCUT2D eigenvalue weighted by molar-refractivity contribution is -0.123. The van der Waals surface area contributed by atoms with Gasteiger partial charge in [0.15, 0.2) is 0 Å². The highest BCUT2D eigenvalue weighted by Gasteiger charge is 2.27. The van der Waals surface area contributed by atoms with Gasteiger partial charge in [0.2, 0.25) is 21.5 Å². The molecule has 0 radical (unpaired) electrons. The second kappa shape index (κ2) is 11.6. The summed E-state index contributed by atoms with van der Waals surface area (Å²) >= 11 is 0. The zero-order chi connectivity index (χ0) is 25.4. The minimum absolute atomic E-state index is 0.00493. The Kier molecular flexibility index (Phi) is 8.57. The topological polar surface area (TPSA) is 108 Å². The smallest absolute Gasteiger partial charge is 0.248 e. The predicted octanol–water partition coefficient (Wildman–Crippen LogP) is 4.07. The van der Waals surface area contributed by atoms with Crippen molar-refractivity contribution in [3.63, 3.8) is 0 Å². The number of aromatic nitrogens is 1. The zero-order valence-electron chi connectivity index (χ0n) is 19.9. The zero-order valence-corrected chi connectivity index (χ0v) is 20.7.